The maximum atomic E-state index is 5.65. The van der Waals surface area contributed by atoms with Gasteiger partial charge in [0.05, 0.1) is 0 Å². The summed E-state index contributed by atoms with van der Waals surface area (Å²) in [6.07, 6.45) is 5.34. The number of hydrogen-bond donors (Lipinski definition) is 1. The van der Waals surface area contributed by atoms with Crippen LogP contribution in [0.2, 0.25) is 0 Å². The first-order valence-electron chi connectivity index (χ1n) is 4.75. The van der Waals surface area contributed by atoms with Crippen LogP contribution in [0.3, 0.4) is 0 Å². The Hall–Kier alpha value is -1.98. The van der Waals surface area contributed by atoms with Crippen LogP contribution in [0.5, 0.6) is 0 Å². The molecule has 0 bridgehead atoms. The molecule has 6 nitrogen and oxygen atoms in total. The van der Waals surface area contributed by atoms with Crippen LogP contribution in [0.1, 0.15) is 24.6 Å². The van der Waals surface area contributed by atoms with E-state index in [9.17, 15) is 0 Å². The molecule has 15 heavy (non-hydrogen) atoms. The summed E-state index contributed by atoms with van der Waals surface area (Å²) >= 11 is 0. The van der Waals surface area contributed by atoms with Gasteiger partial charge in [0, 0.05) is 18.3 Å². The van der Waals surface area contributed by atoms with Gasteiger partial charge in [0.15, 0.2) is 17.3 Å². The molecule has 6 heteroatoms. The van der Waals surface area contributed by atoms with Crippen molar-refractivity contribution in [3.05, 3.63) is 18.2 Å². The van der Waals surface area contributed by atoms with Crippen LogP contribution in [0.4, 0.5) is 5.82 Å². The minimum Gasteiger partial charge on any atom is -0.382 e. The Morgan fingerprint density at radius 3 is 2.80 bits per heavy atom. The van der Waals surface area contributed by atoms with E-state index in [1.165, 1.54) is 6.20 Å². The van der Waals surface area contributed by atoms with Crippen LogP contribution in [-0.2, 0) is 0 Å². The van der Waals surface area contributed by atoms with Crippen LogP contribution in [-0.4, -0.2) is 20.1 Å². The average Bonchev–Trinajstić information content (AvgIpc) is 2.99. The first kappa shape index (κ1) is 8.34. The van der Waals surface area contributed by atoms with Gasteiger partial charge >= 0.3 is 0 Å². The van der Waals surface area contributed by atoms with Gasteiger partial charge in [-0.25, -0.2) is 9.97 Å². The standard InChI is InChI=1S/C9H9N5O/c10-7-6(11-3-4-12-7)9-13-8(14-15-9)5-1-2-5/h3-5H,1-2H2,(H2,10,12). The van der Waals surface area contributed by atoms with Crippen molar-refractivity contribution >= 4 is 5.82 Å². The van der Waals surface area contributed by atoms with Crippen molar-refractivity contribution in [1.29, 1.82) is 0 Å². The normalized spacial score (nSPS) is 15.5. The molecule has 3 rings (SSSR count). The fourth-order valence-electron chi connectivity index (χ4n) is 1.35. The Balaban J connectivity index is 2.01. The predicted octanol–water partition coefficient (Wildman–Crippen LogP) is 0.986. The van der Waals surface area contributed by atoms with E-state index in [0.29, 0.717) is 23.3 Å². The largest absolute Gasteiger partial charge is 0.382 e. The van der Waals surface area contributed by atoms with Crippen molar-refractivity contribution in [3.63, 3.8) is 0 Å². The predicted molar refractivity (Wildman–Crippen MR) is 51.7 cm³/mol. The van der Waals surface area contributed by atoms with Crippen LogP contribution in [0.25, 0.3) is 11.6 Å². The zero-order valence-corrected chi connectivity index (χ0v) is 7.92. The highest BCUT2D eigenvalue weighted by Crippen LogP contribution is 2.38. The maximum Gasteiger partial charge on any atom is 0.280 e. The highest BCUT2D eigenvalue weighted by Gasteiger charge is 2.29. The van der Waals surface area contributed by atoms with Crippen LogP contribution in [0, 0.1) is 0 Å². The summed E-state index contributed by atoms with van der Waals surface area (Å²) in [5.41, 5.74) is 6.11. The highest BCUT2D eigenvalue weighted by atomic mass is 16.5. The molecule has 2 aromatic heterocycles. The van der Waals surface area contributed by atoms with Gasteiger partial charge in [-0.2, -0.15) is 4.98 Å². The molecule has 0 aromatic carbocycles. The second kappa shape index (κ2) is 3.01. The minimum absolute atomic E-state index is 0.309. The van der Waals surface area contributed by atoms with E-state index in [1.54, 1.807) is 6.20 Å². The number of rotatable bonds is 2. The van der Waals surface area contributed by atoms with E-state index in [2.05, 4.69) is 20.1 Å². The molecular formula is C9H9N5O. The van der Waals surface area contributed by atoms with E-state index < -0.39 is 0 Å². The van der Waals surface area contributed by atoms with Crippen molar-refractivity contribution in [1.82, 2.24) is 20.1 Å². The van der Waals surface area contributed by atoms with E-state index in [1.807, 2.05) is 0 Å². The highest BCUT2D eigenvalue weighted by molar-refractivity contribution is 5.61. The van der Waals surface area contributed by atoms with Gasteiger partial charge in [-0.15, -0.1) is 0 Å². The van der Waals surface area contributed by atoms with Crippen molar-refractivity contribution in [3.8, 4) is 11.6 Å². The van der Waals surface area contributed by atoms with Gasteiger partial charge < -0.3 is 10.3 Å². The minimum atomic E-state index is 0.309. The van der Waals surface area contributed by atoms with Gasteiger partial charge in [-0.1, -0.05) is 5.16 Å². The lowest BCUT2D eigenvalue weighted by Gasteiger charge is -1.95. The van der Waals surface area contributed by atoms with Crippen molar-refractivity contribution in [2.24, 2.45) is 0 Å². The quantitative estimate of drug-likeness (QED) is 0.782. The SMILES string of the molecule is Nc1nccnc1-c1nc(C2CC2)no1. The summed E-state index contributed by atoms with van der Waals surface area (Å²) in [7, 11) is 0. The number of nitrogen functional groups attached to an aromatic ring is 1. The summed E-state index contributed by atoms with van der Waals surface area (Å²) in [5.74, 6) is 1.86. The first-order valence-corrected chi connectivity index (χ1v) is 4.75. The Morgan fingerprint density at radius 1 is 1.27 bits per heavy atom. The Bertz CT molecular complexity index is 491. The van der Waals surface area contributed by atoms with Gasteiger partial charge in [-0.3, -0.25) is 0 Å². The van der Waals surface area contributed by atoms with Crippen molar-refractivity contribution in [2.45, 2.75) is 18.8 Å². The van der Waals surface area contributed by atoms with Gasteiger partial charge in [0.25, 0.3) is 5.89 Å². The third kappa shape index (κ3) is 1.43. The second-order valence-corrected chi connectivity index (χ2v) is 3.52. The van der Waals surface area contributed by atoms with Crippen LogP contribution in [0.15, 0.2) is 16.9 Å². The smallest absolute Gasteiger partial charge is 0.280 e. The van der Waals surface area contributed by atoms with E-state index in [4.69, 9.17) is 10.3 Å². The summed E-state index contributed by atoms with van der Waals surface area (Å²) < 4.78 is 5.09. The fraction of sp³-hybridized carbons (Fsp3) is 0.333. The van der Waals surface area contributed by atoms with Gasteiger partial charge in [0.1, 0.15) is 0 Å². The molecule has 1 saturated carbocycles. The summed E-state index contributed by atoms with van der Waals surface area (Å²) in [4.78, 5) is 12.2. The lowest BCUT2D eigenvalue weighted by Crippen LogP contribution is -1.96. The molecule has 0 radical (unpaired) electrons. The number of anilines is 1. The molecule has 0 amide bonds. The molecule has 1 fully saturated rings. The summed E-state index contributed by atoms with van der Waals surface area (Å²) in [6.45, 7) is 0. The summed E-state index contributed by atoms with van der Waals surface area (Å²) in [5, 5.41) is 3.89. The van der Waals surface area contributed by atoms with Gasteiger partial charge in [-0.05, 0) is 12.8 Å². The topological polar surface area (TPSA) is 90.7 Å². The van der Waals surface area contributed by atoms with E-state index in [-0.39, 0.29) is 0 Å². The van der Waals surface area contributed by atoms with E-state index >= 15 is 0 Å². The van der Waals surface area contributed by atoms with Crippen molar-refractivity contribution in [2.75, 3.05) is 5.73 Å². The molecule has 0 atom stereocenters. The number of hydrogen-bond acceptors (Lipinski definition) is 6. The molecular weight excluding hydrogens is 194 g/mol. The van der Waals surface area contributed by atoms with Crippen molar-refractivity contribution < 1.29 is 4.52 Å². The van der Waals surface area contributed by atoms with Gasteiger partial charge in [0.2, 0.25) is 0 Å². The number of nitrogens with two attached hydrogens (primary N) is 1. The molecule has 0 unspecified atom stereocenters. The third-order valence-corrected chi connectivity index (χ3v) is 2.31. The van der Waals surface area contributed by atoms with E-state index in [0.717, 1.165) is 18.7 Å². The second-order valence-electron chi connectivity index (χ2n) is 3.52. The number of aromatic nitrogens is 4. The molecule has 0 aliphatic heterocycles. The fourth-order valence-corrected chi connectivity index (χ4v) is 1.35. The Morgan fingerprint density at radius 2 is 2.07 bits per heavy atom. The first-order chi connectivity index (χ1) is 7.34. The Labute approximate surface area is 85.5 Å². The number of nitrogens with zero attached hydrogens (tertiary/aromatic N) is 4. The third-order valence-electron chi connectivity index (χ3n) is 2.31. The lowest BCUT2D eigenvalue weighted by atomic mass is 10.4. The Kier molecular flexibility index (Phi) is 1.67. The molecule has 2 N–H and O–H groups in total. The maximum absolute atomic E-state index is 5.65. The molecule has 1 aliphatic rings. The molecule has 2 heterocycles. The zero-order valence-electron chi connectivity index (χ0n) is 7.92. The molecule has 0 saturated heterocycles. The summed E-state index contributed by atoms with van der Waals surface area (Å²) in [6, 6.07) is 0. The zero-order chi connectivity index (χ0) is 10.3. The van der Waals surface area contributed by atoms with Crippen LogP contribution >= 0.6 is 0 Å². The molecule has 1 aliphatic carbocycles. The van der Waals surface area contributed by atoms with Crippen LogP contribution < -0.4 is 5.73 Å². The molecule has 76 valence electrons. The molecule has 2 aromatic rings. The molecule has 0 spiro atoms. The average molecular weight is 203 g/mol. The lowest BCUT2D eigenvalue weighted by molar-refractivity contribution is 0.421. The monoisotopic (exact) mass is 203 g/mol.